The average molecular weight is 226 g/mol. The first-order valence-electron chi connectivity index (χ1n) is 5.84. The number of nitrogens with one attached hydrogen (secondary N) is 1. The summed E-state index contributed by atoms with van der Waals surface area (Å²) in [6, 6.07) is 0.459. The molecule has 0 fully saturated rings. The fraction of sp³-hybridized carbons (Fsp3) is 0.818. The van der Waals surface area contributed by atoms with Crippen molar-refractivity contribution >= 4 is 0 Å². The third kappa shape index (κ3) is 4.61. The normalized spacial score (nSPS) is 13.1. The van der Waals surface area contributed by atoms with Crippen molar-refractivity contribution in [3.8, 4) is 6.01 Å². The first-order valence-corrected chi connectivity index (χ1v) is 5.84. The summed E-state index contributed by atoms with van der Waals surface area (Å²) in [7, 11) is 1.83. The Kier molecular flexibility index (Phi) is 5.25. The van der Waals surface area contributed by atoms with Crippen LogP contribution in [0.15, 0.2) is 6.33 Å². The molecule has 16 heavy (non-hydrogen) atoms. The maximum atomic E-state index is 5.66. The van der Waals surface area contributed by atoms with Crippen molar-refractivity contribution in [3.05, 3.63) is 6.33 Å². The molecule has 0 saturated heterocycles. The van der Waals surface area contributed by atoms with Gasteiger partial charge in [0.05, 0.1) is 0 Å². The average Bonchev–Trinajstić information content (AvgIpc) is 2.62. The van der Waals surface area contributed by atoms with E-state index in [0.717, 1.165) is 19.5 Å². The molecule has 0 spiro atoms. The lowest BCUT2D eigenvalue weighted by molar-refractivity contribution is 0.176. The Morgan fingerprint density at radius 2 is 2.19 bits per heavy atom. The molecule has 5 nitrogen and oxygen atoms in total. The van der Waals surface area contributed by atoms with E-state index in [0.29, 0.717) is 11.9 Å². The highest BCUT2D eigenvalue weighted by molar-refractivity contribution is 4.88. The topological polar surface area (TPSA) is 52.0 Å². The Labute approximate surface area is 97.2 Å². The zero-order chi connectivity index (χ0) is 12.0. The number of aromatic nitrogens is 3. The molecule has 5 heteroatoms. The van der Waals surface area contributed by atoms with Crippen molar-refractivity contribution in [1.29, 1.82) is 0 Å². The molecule has 0 aromatic carbocycles. The van der Waals surface area contributed by atoms with E-state index in [2.05, 4.69) is 36.2 Å². The lowest BCUT2D eigenvalue weighted by Gasteiger charge is -2.16. The lowest BCUT2D eigenvalue weighted by atomic mass is 10.2. The highest BCUT2D eigenvalue weighted by atomic mass is 16.5. The predicted molar refractivity (Wildman–Crippen MR) is 63.4 cm³/mol. The molecule has 92 valence electrons. The Morgan fingerprint density at radius 3 is 2.69 bits per heavy atom. The van der Waals surface area contributed by atoms with Crippen LogP contribution in [0.25, 0.3) is 0 Å². The number of aryl methyl sites for hydroxylation is 1. The van der Waals surface area contributed by atoms with Gasteiger partial charge < -0.3 is 10.1 Å². The maximum Gasteiger partial charge on any atom is 0.335 e. The summed E-state index contributed by atoms with van der Waals surface area (Å²) >= 11 is 0. The summed E-state index contributed by atoms with van der Waals surface area (Å²) in [6.45, 7) is 8.33. The molecule has 1 atom stereocenters. The van der Waals surface area contributed by atoms with Gasteiger partial charge in [0.2, 0.25) is 0 Å². The van der Waals surface area contributed by atoms with Gasteiger partial charge in [-0.15, -0.1) is 5.10 Å². The van der Waals surface area contributed by atoms with E-state index < -0.39 is 0 Å². The van der Waals surface area contributed by atoms with E-state index in [9.17, 15) is 0 Å². The number of hydrogen-bond donors (Lipinski definition) is 1. The molecular formula is C11H22N4O. The summed E-state index contributed by atoms with van der Waals surface area (Å²) in [6.07, 6.45) is 2.73. The van der Waals surface area contributed by atoms with Gasteiger partial charge >= 0.3 is 6.01 Å². The Bertz CT molecular complexity index is 298. The van der Waals surface area contributed by atoms with Gasteiger partial charge in [-0.05, 0) is 18.9 Å². The van der Waals surface area contributed by atoms with E-state index in [1.807, 2.05) is 7.05 Å². The minimum atomic E-state index is 0.140. The van der Waals surface area contributed by atoms with Gasteiger partial charge in [-0.25, -0.2) is 0 Å². The number of hydrogen-bond acceptors (Lipinski definition) is 4. The van der Waals surface area contributed by atoms with Crippen molar-refractivity contribution in [2.45, 2.75) is 33.3 Å². The lowest BCUT2D eigenvalue weighted by Crippen LogP contribution is -2.33. The first-order chi connectivity index (χ1) is 7.61. The maximum absolute atomic E-state index is 5.66. The van der Waals surface area contributed by atoms with Crippen LogP contribution in [0.2, 0.25) is 0 Å². The zero-order valence-corrected chi connectivity index (χ0v) is 10.6. The van der Waals surface area contributed by atoms with Crippen LogP contribution >= 0.6 is 0 Å². The van der Waals surface area contributed by atoms with Gasteiger partial charge in [0.15, 0.2) is 0 Å². The molecule has 0 amide bonds. The van der Waals surface area contributed by atoms with Crippen LogP contribution < -0.4 is 10.1 Å². The van der Waals surface area contributed by atoms with Crippen LogP contribution in [0, 0.1) is 5.92 Å². The molecule has 0 aliphatic carbocycles. The minimum Gasteiger partial charge on any atom is -0.458 e. The van der Waals surface area contributed by atoms with E-state index in [1.165, 1.54) is 0 Å². The largest absolute Gasteiger partial charge is 0.458 e. The third-order valence-corrected chi connectivity index (χ3v) is 2.23. The smallest absolute Gasteiger partial charge is 0.335 e. The molecule has 0 saturated carbocycles. The highest BCUT2D eigenvalue weighted by Crippen LogP contribution is 2.04. The molecule has 0 aliphatic heterocycles. The van der Waals surface area contributed by atoms with Crippen molar-refractivity contribution in [2.75, 3.05) is 13.1 Å². The Hall–Kier alpha value is -1.10. The Balaban J connectivity index is 2.31. The van der Waals surface area contributed by atoms with E-state index >= 15 is 0 Å². The quantitative estimate of drug-likeness (QED) is 0.759. The van der Waals surface area contributed by atoms with Gasteiger partial charge in [0.25, 0.3) is 0 Å². The number of rotatable bonds is 7. The molecule has 1 heterocycles. The third-order valence-electron chi connectivity index (χ3n) is 2.23. The van der Waals surface area contributed by atoms with Crippen molar-refractivity contribution in [1.82, 2.24) is 20.1 Å². The monoisotopic (exact) mass is 226 g/mol. The second-order valence-corrected chi connectivity index (χ2v) is 4.40. The molecule has 1 unspecified atom stereocenters. The van der Waals surface area contributed by atoms with Crippen LogP contribution in [-0.2, 0) is 7.05 Å². The van der Waals surface area contributed by atoms with E-state index in [-0.39, 0.29) is 6.10 Å². The molecule has 0 aliphatic rings. The summed E-state index contributed by atoms with van der Waals surface area (Å²) in [5.41, 5.74) is 0. The molecule has 1 aromatic heterocycles. The summed E-state index contributed by atoms with van der Waals surface area (Å²) in [5, 5.41) is 7.47. The van der Waals surface area contributed by atoms with Crippen LogP contribution in [0.1, 0.15) is 27.2 Å². The summed E-state index contributed by atoms with van der Waals surface area (Å²) in [4.78, 5) is 4.05. The van der Waals surface area contributed by atoms with Crippen molar-refractivity contribution in [2.24, 2.45) is 13.0 Å². The molecule has 1 aromatic rings. The van der Waals surface area contributed by atoms with Gasteiger partial charge in [-0.3, -0.25) is 4.68 Å². The van der Waals surface area contributed by atoms with Crippen molar-refractivity contribution in [3.63, 3.8) is 0 Å². The molecule has 0 bridgehead atoms. The second kappa shape index (κ2) is 6.48. The van der Waals surface area contributed by atoms with Gasteiger partial charge in [-0.2, -0.15) is 4.98 Å². The van der Waals surface area contributed by atoms with Crippen LogP contribution in [-0.4, -0.2) is 34.0 Å². The molecule has 1 N–H and O–H groups in total. The summed E-state index contributed by atoms with van der Waals surface area (Å²) < 4.78 is 7.30. The van der Waals surface area contributed by atoms with Gasteiger partial charge in [-0.1, -0.05) is 20.8 Å². The molecule has 0 radical (unpaired) electrons. The van der Waals surface area contributed by atoms with Crippen LogP contribution in [0.5, 0.6) is 6.01 Å². The fourth-order valence-electron chi connectivity index (χ4n) is 1.32. The van der Waals surface area contributed by atoms with Crippen LogP contribution in [0.3, 0.4) is 0 Å². The predicted octanol–water partition coefficient (Wildman–Crippen LogP) is 1.22. The van der Waals surface area contributed by atoms with E-state index in [4.69, 9.17) is 4.74 Å². The Morgan fingerprint density at radius 1 is 1.44 bits per heavy atom. The second-order valence-electron chi connectivity index (χ2n) is 4.40. The first kappa shape index (κ1) is 13.0. The SMILES string of the molecule is CCC(CNCC(C)C)Oc1ncn(C)n1. The highest BCUT2D eigenvalue weighted by Gasteiger charge is 2.10. The number of nitrogens with zero attached hydrogens (tertiary/aromatic N) is 3. The summed E-state index contributed by atoms with van der Waals surface area (Å²) in [5.74, 6) is 0.658. The van der Waals surface area contributed by atoms with Gasteiger partial charge in [0.1, 0.15) is 12.4 Å². The standard InChI is InChI=1S/C11H22N4O/c1-5-10(7-12-6-9(2)3)16-11-13-8-15(4)14-11/h8-10,12H,5-7H2,1-4H3. The molecular weight excluding hydrogens is 204 g/mol. The minimum absolute atomic E-state index is 0.140. The van der Waals surface area contributed by atoms with Gasteiger partial charge in [0, 0.05) is 13.6 Å². The van der Waals surface area contributed by atoms with E-state index in [1.54, 1.807) is 11.0 Å². The van der Waals surface area contributed by atoms with Crippen molar-refractivity contribution < 1.29 is 4.74 Å². The molecule has 1 rings (SSSR count). The van der Waals surface area contributed by atoms with Crippen LogP contribution in [0.4, 0.5) is 0 Å². The number of ether oxygens (including phenoxy) is 1. The zero-order valence-electron chi connectivity index (χ0n) is 10.6. The fourth-order valence-corrected chi connectivity index (χ4v) is 1.32.